The number of nitrogens with one attached hydrogen (secondary N) is 2. The number of amides is 2. The van der Waals surface area contributed by atoms with Gasteiger partial charge >= 0.3 is 12.2 Å². The zero-order valence-corrected chi connectivity index (χ0v) is 19.6. The number of hydrogen-bond donors (Lipinski definition) is 2. The van der Waals surface area contributed by atoms with E-state index in [4.69, 9.17) is 9.47 Å². The molecule has 0 radical (unpaired) electrons. The molecule has 28 heavy (non-hydrogen) atoms. The second kappa shape index (κ2) is 15.7. The third-order valence-corrected chi connectivity index (χ3v) is 9.90. The maximum atomic E-state index is 11.7. The van der Waals surface area contributed by atoms with E-state index in [2.05, 4.69) is 10.6 Å². The van der Waals surface area contributed by atoms with E-state index in [0.29, 0.717) is 35.5 Å². The van der Waals surface area contributed by atoms with Gasteiger partial charge < -0.3 is 20.1 Å². The molecular weight excluding hydrogens is 436 g/mol. The topological polar surface area (TPSA) is 76.7 Å². The Kier molecular flexibility index (Phi) is 13.6. The molecule has 0 atom stereocenters. The summed E-state index contributed by atoms with van der Waals surface area (Å²) >= 11 is 7.50. The van der Waals surface area contributed by atoms with Crippen LogP contribution in [0.5, 0.6) is 0 Å². The fourth-order valence-corrected chi connectivity index (χ4v) is 7.88. The van der Waals surface area contributed by atoms with E-state index in [1.807, 2.05) is 47.0 Å². The molecule has 2 N–H and O–H groups in total. The summed E-state index contributed by atoms with van der Waals surface area (Å²) in [4.78, 5) is 23.3. The number of carbonyl (C=O) groups excluding carboxylic acids is 2. The molecule has 0 unspecified atom stereocenters. The summed E-state index contributed by atoms with van der Waals surface area (Å²) in [5.41, 5.74) is 0. The highest BCUT2D eigenvalue weighted by molar-refractivity contribution is 8.18. The van der Waals surface area contributed by atoms with Crippen molar-refractivity contribution in [3.05, 3.63) is 0 Å². The van der Waals surface area contributed by atoms with Crippen molar-refractivity contribution >= 4 is 59.2 Å². The smallest absolute Gasteiger partial charge is 0.407 e. The van der Waals surface area contributed by atoms with Gasteiger partial charge in [-0.2, -0.15) is 0 Å². The Hall–Kier alpha value is -0.0600. The first-order chi connectivity index (χ1) is 13.7. The molecule has 0 bridgehead atoms. The number of rotatable bonds is 11. The van der Waals surface area contributed by atoms with Crippen molar-refractivity contribution in [1.29, 1.82) is 0 Å². The lowest BCUT2D eigenvalue weighted by Crippen LogP contribution is -2.28. The minimum atomic E-state index is -0.314. The van der Waals surface area contributed by atoms with Crippen molar-refractivity contribution in [3.8, 4) is 0 Å². The quantitative estimate of drug-likeness (QED) is 0.432. The van der Waals surface area contributed by atoms with Gasteiger partial charge in [-0.15, -0.1) is 47.0 Å². The summed E-state index contributed by atoms with van der Waals surface area (Å²) in [6, 6.07) is 0. The van der Waals surface area contributed by atoms with Crippen LogP contribution in [0.15, 0.2) is 0 Å². The summed E-state index contributed by atoms with van der Waals surface area (Å²) < 4.78 is 11.3. The van der Waals surface area contributed by atoms with Crippen molar-refractivity contribution in [3.63, 3.8) is 0 Å². The summed E-state index contributed by atoms with van der Waals surface area (Å²) in [7, 11) is 0. The van der Waals surface area contributed by atoms with Crippen LogP contribution in [0.25, 0.3) is 0 Å². The lowest BCUT2D eigenvalue weighted by molar-refractivity contribution is 0.150. The van der Waals surface area contributed by atoms with Gasteiger partial charge in [-0.05, 0) is 48.7 Å². The van der Waals surface area contributed by atoms with Crippen LogP contribution in [0.1, 0.15) is 38.5 Å². The maximum Gasteiger partial charge on any atom is 0.407 e. The minimum Gasteiger partial charge on any atom is -0.447 e. The number of ether oxygens (including phenoxy) is 2. The molecule has 2 amide bonds. The predicted molar refractivity (Wildman–Crippen MR) is 124 cm³/mol. The van der Waals surface area contributed by atoms with Crippen LogP contribution in [0, 0.1) is 0 Å². The lowest BCUT2D eigenvalue weighted by Gasteiger charge is -2.20. The monoisotopic (exact) mass is 468 g/mol. The van der Waals surface area contributed by atoms with Crippen LogP contribution in [-0.4, -0.2) is 70.7 Å². The highest BCUT2D eigenvalue weighted by Crippen LogP contribution is 2.31. The number of hydrogen-bond acceptors (Lipinski definition) is 8. The summed E-state index contributed by atoms with van der Waals surface area (Å²) in [5.74, 6) is 4.64. The van der Waals surface area contributed by atoms with Gasteiger partial charge in [0, 0.05) is 13.1 Å². The second-order valence-corrected chi connectivity index (χ2v) is 12.4. The van der Waals surface area contributed by atoms with Crippen LogP contribution < -0.4 is 10.6 Å². The Morgan fingerprint density at radius 1 is 0.679 bits per heavy atom. The van der Waals surface area contributed by atoms with Gasteiger partial charge in [0.2, 0.25) is 0 Å². The largest absolute Gasteiger partial charge is 0.447 e. The standard InChI is InChI=1S/C18H32N2O4S4/c21-17(23-13-15-25-9-5-10-26-15)19-7-3-1-2-4-8-20-18(22)24-14-16-27-11-6-12-28-16/h15-16H,1-14H2,(H,19,21)(H,20,22). The van der Waals surface area contributed by atoms with E-state index in [1.54, 1.807) is 0 Å². The van der Waals surface area contributed by atoms with Gasteiger partial charge in [0.1, 0.15) is 13.2 Å². The first-order valence-electron chi connectivity index (χ1n) is 10.0. The zero-order valence-electron chi connectivity index (χ0n) is 16.3. The SMILES string of the molecule is O=C(NCCCCCCNC(=O)OCC1SCCCS1)OCC1SCCCS1. The third-order valence-electron chi connectivity index (χ3n) is 4.14. The molecule has 10 heteroatoms. The van der Waals surface area contributed by atoms with E-state index in [-0.39, 0.29) is 12.2 Å². The predicted octanol–water partition coefficient (Wildman–Crippen LogP) is 4.39. The van der Waals surface area contributed by atoms with Gasteiger partial charge in [-0.1, -0.05) is 12.8 Å². The van der Waals surface area contributed by atoms with Crippen molar-refractivity contribution in [2.75, 3.05) is 49.3 Å². The van der Waals surface area contributed by atoms with Crippen LogP contribution >= 0.6 is 47.0 Å². The van der Waals surface area contributed by atoms with Crippen molar-refractivity contribution in [2.24, 2.45) is 0 Å². The number of carbonyl (C=O) groups is 2. The Bertz CT molecular complexity index is 407. The normalized spacial score (nSPS) is 18.4. The summed E-state index contributed by atoms with van der Waals surface area (Å²) in [5, 5.41) is 5.61. The average Bonchev–Trinajstić information content (AvgIpc) is 2.74. The minimum absolute atomic E-state index is 0.314. The van der Waals surface area contributed by atoms with E-state index < -0.39 is 0 Å². The average molecular weight is 469 g/mol. The fraction of sp³-hybridized carbons (Fsp3) is 0.889. The van der Waals surface area contributed by atoms with Gasteiger partial charge in [0.25, 0.3) is 0 Å². The molecule has 2 fully saturated rings. The third kappa shape index (κ3) is 11.8. The van der Waals surface area contributed by atoms with Crippen molar-refractivity contribution in [2.45, 2.75) is 47.7 Å². The fourth-order valence-electron chi connectivity index (χ4n) is 2.64. The molecule has 6 nitrogen and oxygen atoms in total. The lowest BCUT2D eigenvalue weighted by atomic mass is 10.2. The molecule has 2 aliphatic rings. The number of unbranched alkanes of at least 4 members (excludes halogenated alkanes) is 3. The molecule has 0 aromatic heterocycles. The van der Waals surface area contributed by atoms with E-state index in [9.17, 15) is 9.59 Å². The van der Waals surface area contributed by atoms with Crippen LogP contribution in [0.2, 0.25) is 0 Å². The van der Waals surface area contributed by atoms with Gasteiger partial charge in [0.05, 0.1) is 9.16 Å². The van der Waals surface area contributed by atoms with E-state index in [1.165, 1.54) is 12.8 Å². The Labute approximate surface area is 185 Å². The Morgan fingerprint density at radius 3 is 1.46 bits per heavy atom. The van der Waals surface area contributed by atoms with Crippen molar-refractivity contribution < 1.29 is 19.1 Å². The number of alkyl carbamates (subject to hydrolysis) is 2. The second-order valence-electron chi connectivity index (χ2n) is 6.51. The molecule has 2 rings (SSSR count). The number of thioether (sulfide) groups is 4. The molecule has 0 aliphatic carbocycles. The maximum absolute atomic E-state index is 11.7. The molecule has 0 spiro atoms. The van der Waals surface area contributed by atoms with E-state index in [0.717, 1.165) is 48.7 Å². The molecule has 162 valence electrons. The van der Waals surface area contributed by atoms with Crippen LogP contribution in [0.4, 0.5) is 9.59 Å². The first-order valence-corrected chi connectivity index (χ1v) is 14.2. The molecule has 0 saturated carbocycles. The molecule has 0 aromatic rings. The van der Waals surface area contributed by atoms with Crippen LogP contribution in [0.3, 0.4) is 0 Å². The Morgan fingerprint density at radius 2 is 1.07 bits per heavy atom. The zero-order chi connectivity index (χ0) is 19.9. The summed E-state index contributed by atoms with van der Waals surface area (Å²) in [6.45, 7) is 2.24. The molecule has 2 aliphatic heterocycles. The molecule has 2 saturated heterocycles. The van der Waals surface area contributed by atoms with Gasteiger partial charge in [-0.25, -0.2) is 9.59 Å². The summed E-state index contributed by atoms with van der Waals surface area (Å²) in [6.07, 6.45) is 5.73. The highest BCUT2D eigenvalue weighted by Gasteiger charge is 2.17. The van der Waals surface area contributed by atoms with Gasteiger partial charge in [-0.3, -0.25) is 0 Å². The van der Waals surface area contributed by atoms with Crippen molar-refractivity contribution in [1.82, 2.24) is 10.6 Å². The Balaban J connectivity index is 1.33. The van der Waals surface area contributed by atoms with E-state index >= 15 is 0 Å². The van der Waals surface area contributed by atoms with Gasteiger partial charge in [0.15, 0.2) is 0 Å². The van der Waals surface area contributed by atoms with Crippen LogP contribution in [-0.2, 0) is 9.47 Å². The first kappa shape index (κ1) is 24.2. The molecule has 2 heterocycles. The molecule has 0 aromatic carbocycles. The highest BCUT2D eigenvalue weighted by atomic mass is 32.2. The molecular formula is C18H32N2O4S4.